The number of aliphatic hydroxyl groups excluding tert-OH is 1. The quantitative estimate of drug-likeness (QED) is 0.577. The highest BCUT2D eigenvalue weighted by Gasteiger charge is 2.21. The second-order valence-electron chi connectivity index (χ2n) is 4.42. The average Bonchev–Trinajstić information content (AvgIpc) is 2.55. The Morgan fingerprint density at radius 2 is 1.61 bits per heavy atom. The van der Waals surface area contributed by atoms with Gasteiger partial charge in [-0.25, -0.2) is 4.18 Å². The van der Waals surface area contributed by atoms with Crippen molar-refractivity contribution in [2.45, 2.75) is 6.23 Å². The SMILES string of the molecule is O=CN(c1ccccc1)C(O)COS(=O)(=O)Oc1ccccc1. The number of hydrogen-bond acceptors (Lipinski definition) is 6. The predicted molar refractivity (Wildman–Crippen MR) is 82.9 cm³/mol. The summed E-state index contributed by atoms with van der Waals surface area (Å²) in [5, 5.41) is 9.94. The minimum absolute atomic E-state index is 0.0808. The number of aliphatic hydroxyl groups is 1. The molecule has 122 valence electrons. The smallest absolute Gasteiger partial charge is 0.371 e. The number of carbonyl (C=O) groups is 1. The Balaban J connectivity index is 1.97. The zero-order valence-corrected chi connectivity index (χ0v) is 12.8. The maximum Gasteiger partial charge on any atom is 0.449 e. The van der Waals surface area contributed by atoms with Crippen LogP contribution in [0.3, 0.4) is 0 Å². The molecule has 2 aromatic rings. The molecule has 0 spiro atoms. The van der Waals surface area contributed by atoms with Crippen molar-refractivity contribution < 1.29 is 26.7 Å². The summed E-state index contributed by atoms with van der Waals surface area (Å²) in [6.07, 6.45) is -1.10. The van der Waals surface area contributed by atoms with Gasteiger partial charge in [-0.1, -0.05) is 36.4 Å². The van der Waals surface area contributed by atoms with Crippen LogP contribution in [-0.4, -0.2) is 32.8 Å². The molecule has 2 rings (SSSR count). The van der Waals surface area contributed by atoms with Crippen LogP contribution in [0.4, 0.5) is 5.69 Å². The van der Waals surface area contributed by atoms with Gasteiger partial charge in [0.05, 0.1) is 0 Å². The standard InChI is InChI=1S/C15H15NO6S/c17-12-16(13-7-3-1-4-8-13)15(18)11-21-23(19,20)22-14-9-5-2-6-10-14/h1-10,12,15,18H,11H2. The second-order valence-corrected chi connectivity index (χ2v) is 5.64. The average molecular weight is 337 g/mol. The third kappa shape index (κ3) is 5.06. The number of amides is 1. The first-order valence-electron chi connectivity index (χ1n) is 6.62. The third-order valence-corrected chi connectivity index (χ3v) is 3.61. The molecule has 0 saturated heterocycles. The van der Waals surface area contributed by atoms with E-state index in [1.54, 1.807) is 48.5 Å². The molecule has 1 N–H and O–H groups in total. The Kier molecular flexibility index (Phi) is 5.69. The van der Waals surface area contributed by atoms with E-state index in [1.165, 1.54) is 12.1 Å². The lowest BCUT2D eigenvalue weighted by Crippen LogP contribution is -2.38. The number of rotatable bonds is 8. The number of nitrogens with zero attached hydrogens (tertiary/aromatic N) is 1. The monoisotopic (exact) mass is 337 g/mol. The van der Waals surface area contributed by atoms with E-state index >= 15 is 0 Å². The van der Waals surface area contributed by atoms with Crippen LogP contribution in [-0.2, 0) is 19.4 Å². The number of anilines is 1. The Labute approximate surface area is 134 Å². The second kappa shape index (κ2) is 7.73. The lowest BCUT2D eigenvalue weighted by atomic mass is 10.3. The fourth-order valence-electron chi connectivity index (χ4n) is 1.75. The van der Waals surface area contributed by atoms with Crippen LogP contribution >= 0.6 is 0 Å². The molecule has 2 aromatic carbocycles. The van der Waals surface area contributed by atoms with E-state index in [1.807, 2.05) is 0 Å². The molecule has 0 saturated carbocycles. The number of benzene rings is 2. The highest BCUT2D eigenvalue weighted by Crippen LogP contribution is 2.15. The molecule has 7 nitrogen and oxygen atoms in total. The van der Waals surface area contributed by atoms with E-state index in [9.17, 15) is 18.3 Å². The fourth-order valence-corrected chi connectivity index (χ4v) is 2.43. The molecule has 1 atom stereocenters. The number of hydrogen-bond donors (Lipinski definition) is 1. The minimum atomic E-state index is -4.36. The highest BCUT2D eigenvalue weighted by atomic mass is 32.3. The molecule has 1 amide bonds. The lowest BCUT2D eigenvalue weighted by Gasteiger charge is -2.23. The maximum absolute atomic E-state index is 11.7. The topological polar surface area (TPSA) is 93.1 Å². The molecule has 0 aliphatic carbocycles. The van der Waals surface area contributed by atoms with Crippen LogP contribution in [0.15, 0.2) is 60.7 Å². The Morgan fingerprint density at radius 1 is 1.04 bits per heavy atom. The van der Waals surface area contributed by atoms with Crippen LogP contribution in [0.1, 0.15) is 0 Å². The van der Waals surface area contributed by atoms with Gasteiger partial charge in [-0.15, -0.1) is 0 Å². The first kappa shape index (κ1) is 16.9. The van der Waals surface area contributed by atoms with E-state index in [0.29, 0.717) is 12.1 Å². The van der Waals surface area contributed by atoms with Crippen LogP contribution in [0, 0.1) is 0 Å². The lowest BCUT2D eigenvalue weighted by molar-refractivity contribution is -0.109. The molecule has 0 radical (unpaired) electrons. The van der Waals surface area contributed by atoms with E-state index in [-0.39, 0.29) is 5.75 Å². The van der Waals surface area contributed by atoms with E-state index in [2.05, 4.69) is 4.18 Å². The van der Waals surface area contributed by atoms with Crippen molar-refractivity contribution in [1.29, 1.82) is 0 Å². The van der Waals surface area contributed by atoms with Gasteiger partial charge in [0.15, 0.2) is 6.23 Å². The molecule has 8 heteroatoms. The molecule has 0 heterocycles. The van der Waals surface area contributed by atoms with E-state index < -0.39 is 23.2 Å². The number of para-hydroxylation sites is 2. The van der Waals surface area contributed by atoms with Gasteiger partial charge in [0, 0.05) is 5.69 Å². The first-order chi connectivity index (χ1) is 11.0. The molecule has 0 bridgehead atoms. The zero-order chi connectivity index (χ0) is 16.7. The molecular formula is C15H15NO6S. The summed E-state index contributed by atoms with van der Waals surface area (Å²) in [6.45, 7) is -0.664. The summed E-state index contributed by atoms with van der Waals surface area (Å²) in [6, 6.07) is 16.1. The van der Waals surface area contributed by atoms with Gasteiger partial charge < -0.3 is 9.29 Å². The van der Waals surface area contributed by atoms with Gasteiger partial charge in [0.2, 0.25) is 6.41 Å². The predicted octanol–water partition coefficient (Wildman–Crippen LogP) is 1.31. The summed E-state index contributed by atoms with van der Waals surface area (Å²) >= 11 is 0. The molecule has 0 fully saturated rings. The molecular weight excluding hydrogens is 322 g/mol. The van der Waals surface area contributed by atoms with Crippen molar-refractivity contribution in [1.82, 2.24) is 0 Å². The van der Waals surface area contributed by atoms with E-state index in [4.69, 9.17) is 4.18 Å². The van der Waals surface area contributed by atoms with Crippen molar-refractivity contribution in [3.63, 3.8) is 0 Å². The molecule has 1 unspecified atom stereocenters. The van der Waals surface area contributed by atoms with Gasteiger partial charge in [0.25, 0.3) is 0 Å². The van der Waals surface area contributed by atoms with Crippen LogP contribution in [0.2, 0.25) is 0 Å². The number of carbonyl (C=O) groups excluding carboxylic acids is 1. The maximum atomic E-state index is 11.7. The Morgan fingerprint density at radius 3 is 2.17 bits per heavy atom. The first-order valence-corrected chi connectivity index (χ1v) is 7.96. The molecule has 0 aliphatic rings. The molecule has 0 aromatic heterocycles. The minimum Gasteiger partial charge on any atom is -0.371 e. The summed E-state index contributed by atoms with van der Waals surface area (Å²) in [5.41, 5.74) is 0.403. The normalized spacial score (nSPS) is 12.4. The van der Waals surface area contributed by atoms with Gasteiger partial charge in [-0.3, -0.25) is 9.69 Å². The fraction of sp³-hybridized carbons (Fsp3) is 0.133. The van der Waals surface area contributed by atoms with E-state index in [0.717, 1.165) is 4.90 Å². The van der Waals surface area contributed by atoms with Crippen molar-refractivity contribution in [3.8, 4) is 5.75 Å². The largest absolute Gasteiger partial charge is 0.449 e. The summed E-state index contributed by atoms with van der Waals surface area (Å²) in [5.74, 6) is 0.0808. The molecule has 0 aliphatic heterocycles. The molecule has 23 heavy (non-hydrogen) atoms. The summed E-state index contributed by atoms with van der Waals surface area (Å²) in [4.78, 5) is 12.0. The van der Waals surface area contributed by atoms with Crippen LogP contribution in [0.5, 0.6) is 5.75 Å². The zero-order valence-electron chi connectivity index (χ0n) is 12.0. The van der Waals surface area contributed by atoms with Gasteiger partial charge in [0.1, 0.15) is 12.4 Å². The third-order valence-electron chi connectivity index (χ3n) is 2.79. The summed E-state index contributed by atoms with van der Waals surface area (Å²) < 4.78 is 32.7. The Bertz CT molecular complexity index is 720. The van der Waals surface area contributed by atoms with Crippen LogP contribution in [0.25, 0.3) is 0 Å². The van der Waals surface area contributed by atoms with Crippen molar-refractivity contribution >= 4 is 22.5 Å². The highest BCUT2D eigenvalue weighted by molar-refractivity contribution is 7.82. The van der Waals surface area contributed by atoms with Crippen molar-refractivity contribution in [2.75, 3.05) is 11.5 Å². The van der Waals surface area contributed by atoms with Crippen LogP contribution < -0.4 is 9.08 Å². The van der Waals surface area contributed by atoms with Gasteiger partial charge in [-0.2, -0.15) is 8.42 Å². The Hall–Kier alpha value is -2.42. The summed E-state index contributed by atoms with van der Waals surface area (Å²) in [7, 11) is -4.36. The van der Waals surface area contributed by atoms with Gasteiger partial charge >= 0.3 is 10.4 Å². The van der Waals surface area contributed by atoms with Crippen molar-refractivity contribution in [3.05, 3.63) is 60.7 Å². The van der Waals surface area contributed by atoms with Crippen molar-refractivity contribution in [2.24, 2.45) is 0 Å². The van der Waals surface area contributed by atoms with Gasteiger partial charge in [-0.05, 0) is 24.3 Å².